The minimum atomic E-state index is 0.662. The van der Waals surface area contributed by atoms with Crippen LogP contribution in [0.2, 0.25) is 0 Å². The molecule has 0 aliphatic rings. The van der Waals surface area contributed by atoms with E-state index in [0.29, 0.717) is 13.2 Å². The molecular formula is C15H22BrN5O2S. The van der Waals surface area contributed by atoms with Gasteiger partial charge in [-0.15, -0.1) is 5.10 Å². The fourth-order valence-electron chi connectivity index (χ4n) is 2.04. The van der Waals surface area contributed by atoms with Crippen molar-refractivity contribution in [3.63, 3.8) is 0 Å². The van der Waals surface area contributed by atoms with Crippen molar-refractivity contribution in [1.82, 2.24) is 25.5 Å². The third-order valence-electron chi connectivity index (χ3n) is 3.23. The van der Waals surface area contributed by atoms with E-state index in [1.165, 1.54) is 0 Å². The number of hydrogen-bond donors (Lipinski definition) is 1. The van der Waals surface area contributed by atoms with E-state index >= 15 is 0 Å². The normalized spacial score (nSPS) is 10.8. The van der Waals surface area contributed by atoms with Gasteiger partial charge < -0.3 is 14.8 Å². The van der Waals surface area contributed by atoms with Gasteiger partial charge >= 0.3 is 0 Å². The third kappa shape index (κ3) is 5.09. The zero-order valence-corrected chi connectivity index (χ0v) is 16.5. The second-order valence-corrected chi connectivity index (χ2v) is 6.93. The number of aryl methyl sites for hydroxylation is 1. The molecule has 0 amide bonds. The van der Waals surface area contributed by atoms with Crippen LogP contribution in [0.4, 0.5) is 0 Å². The van der Waals surface area contributed by atoms with Gasteiger partial charge in [-0.05, 0) is 29.0 Å². The molecule has 0 saturated heterocycles. The lowest BCUT2D eigenvalue weighted by Gasteiger charge is -2.16. The van der Waals surface area contributed by atoms with E-state index in [0.717, 1.165) is 45.4 Å². The number of methoxy groups -OCH3 is 1. The van der Waals surface area contributed by atoms with Crippen LogP contribution in [-0.2, 0) is 13.6 Å². The van der Waals surface area contributed by atoms with Crippen molar-refractivity contribution in [2.75, 3.05) is 26.0 Å². The number of aromatic nitrogens is 4. The second kappa shape index (κ2) is 9.85. The largest absolute Gasteiger partial charge is 0.493 e. The smallest absolute Gasteiger partial charge is 0.209 e. The highest BCUT2D eigenvalue weighted by Crippen LogP contribution is 2.36. The van der Waals surface area contributed by atoms with Crippen LogP contribution in [0, 0.1) is 0 Å². The lowest BCUT2D eigenvalue weighted by molar-refractivity contribution is 0.290. The summed E-state index contributed by atoms with van der Waals surface area (Å²) in [6.07, 6.45) is 0.949. The molecule has 0 aliphatic carbocycles. The van der Waals surface area contributed by atoms with Crippen molar-refractivity contribution >= 4 is 27.7 Å². The first-order valence-electron chi connectivity index (χ1n) is 7.71. The summed E-state index contributed by atoms with van der Waals surface area (Å²) in [4.78, 5) is 0. The maximum atomic E-state index is 5.89. The second-order valence-electron chi connectivity index (χ2n) is 5.02. The summed E-state index contributed by atoms with van der Waals surface area (Å²) in [5.41, 5.74) is 1.06. The number of thioether (sulfide) groups is 1. The third-order valence-corrected chi connectivity index (χ3v) is 4.99. The molecule has 1 aromatic carbocycles. The van der Waals surface area contributed by atoms with E-state index in [1.807, 2.05) is 19.2 Å². The van der Waals surface area contributed by atoms with Gasteiger partial charge in [-0.1, -0.05) is 34.6 Å². The number of rotatable bonds is 10. The Morgan fingerprint density at radius 1 is 1.38 bits per heavy atom. The van der Waals surface area contributed by atoms with Gasteiger partial charge in [-0.25, -0.2) is 4.68 Å². The molecule has 0 bridgehead atoms. The van der Waals surface area contributed by atoms with Crippen LogP contribution in [0.3, 0.4) is 0 Å². The highest BCUT2D eigenvalue weighted by Gasteiger charge is 2.14. The van der Waals surface area contributed by atoms with Gasteiger partial charge in [-0.3, -0.25) is 0 Å². The average molecular weight is 416 g/mol. The van der Waals surface area contributed by atoms with Gasteiger partial charge in [0.1, 0.15) is 0 Å². The summed E-state index contributed by atoms with van der Waals surface area (Å²) in [7, 11) is 3.49. The lowest BCUT2D eigenvalue weighted by atomic mass is 10.2. The molecule has 0 radical (unpaired) electrons. The molecule has 2 rings (SSSR count). The van der Waals surface area contributed by atoms with E-state index in [9.17, 15) is 0 Å². The summed E-state index contributed by atoms with van der Waals surface area (Å²) >= 11 is 5.22. The molecule has 0 saturated carbocycles. The SMILES string of the molecule is CCCOc1c(OC)ccc(Br)c1CNCCSc1nnnn1C. The van der Waals surface area contributed by atoms with E-state index in [4.69, 9.17) is 9.47 Å². The summed E-state index contributed by atoms with van der Waals surface area (Å²) in [6, 6.07) is 3.89. The maximum absolute atomic E-state index is 5.89. The lowest BCUT2D eigenvalue weighted by Crippen LogP contribution is -2.18. The molecule has 24 heavy (non-hydrogen) atoms. The molecule has 1 heterocycles. The van der Waals surface area contributed by atoms with Crippen molar-refractivity contribution in [2.45, 2.75) is 25.0 Å². The Morgan fingerprint density at radius 2 is 2.21 bits per heavy atom. The van der Waals surface area contributed by atoms with Crippen molar-refractivity contribution in [3.05, 3.63) is 22.2 Å². The first kappa shape index (κ1) is 19.0. The van der Waals surface area contributed by atoms with Crippen LogP contribution in [0.15, 0.2) is 21.8 Å². The first-order chi connectivity index (χ1) is 11.7. The number of nitrogens with zero attached hydrogens (tertiary/aromatic N) is 4. The zero-order valence-electron chi connectivity index (χ0n) is 14.1. The molecule has 0 unspecified atom stereocenters. The van der Waals surface area contributed by atoms with E-state index in [1.54, 1.807) is 23.6 Å². The van der Waals surface area contributed by atoms with Crippen LogP contribution in [0.1, 0.15) is 18.9 Å². The Kier molecular flexibility index (Phi) is 7.80. The molecule has 1 aromatic heterocycles. The number of nitrogens with one attached hydrogen (secondary N) is 1. The van der Waals surface area contributed by atoms with Crippen LogP contribution < -0.4 is 14.8 Å². The number of benzene rings is 1. The van der Waals surface area contributed by atoms with Gasteiger partial charge in [0, 0.05) is 35.9 Å². The Bertz CT molecular complexity index is 653. The van der Waals surface area contributed by atoms with Gasteiger partial charge in [0.15, 0.2) is 11.5 Å². The summed E-state index contributed by atoms with van der Waals surface area (Å²) in [6.45, 7) is 4.26. The minimum Gasteiger partial charge on any atom is -0.493 e. The quantitative estimate of drug-likeness (QED) is 0.472. The molecule has 0 spiro atoms. The minimum absolute atomic E-state index is 0.662. The topological polar surface area (TPSA) is 74.1 Å². The van der Waals surface area contributed by atoms with Gasteiger partial charge in [0.25, 0.3) is 0 Å². The molecular weight excluding hydrogens is 394 g/mol. The Morgan fingerprint density at radius 3 is 2.88 bits per heavy atom. The van der Waals surface area contributed by atoms with E-state index in [2.05, 4.69) is 43.7 Å². The molecule has 1 N–H and O–H groups in total. The summed E-state index contributed by atoms with van der Waals surface area (Å²) < 4.78 is 14.0. The standard InChI is InChI=1S/C15H22BrN5O2S/c1-4-8-23-14-11(12(16)5-6-13(14)22-3)10-17-7-9-24-15-18-19-20-21(15)2/h5-6,17H,4,7-10H2,1-3H3. The van der Waals surface area contributed by atoms with Gasteiger partial charge in [0.05, 0.1) is 13.7 Å². The fraction of sp³-hybridized carbons (Fsp3) is 0.533. The number of halogens is 1. The fourth-order valence-corrected chi connectivity index (χ4v) is 3.24. The Hall–Kier alpha value is -1.32. The van der Waals surface area contributed by atoms with Crippen molar-refractivity contribution in [3.8, 4) is 11.5 Å². The number of tetrazole rings is 1. The van der Waals surface area contributed by atoms with Gasteiger partial charge in [-0.2, -0.15) is 0 Å². The molecule has 132 valence electrons. The molecule has 2 aromatic rings. The highest BCUT2D eigenvalue weighted by molar-refractivity contribution is 9.10. The maximum Gasteiger partial charge on any atom is 0.209 e. The predicted molar refractivity (Wildman–Crippen MR) is 97.7 cm³/mol. The first-order valence-corrected chi connectivity index (χ1v) is 9.49. The van der Waals surface area contributed by atoms with Crippen LogP contribution in [0.5, 0.6) is 11.5 Å². The van der Waals surface area contributed by atoms with E-state index < -0.39 is 0 Å². The van der Waals surface area contributed by atoms with Crippen LogP contribution >= 0.6 is 27.7 Å². The van der Waals surface area contributed by atoms with Crippen LogP contribution in [0.25, 0.3) is 0 Å². The average Bonchev–Trinajstić information content (AvgIpc) is 2.99. The summed E-state index contributed by atoms with van der Waals surface area (Å²) in [5.74, 6) is 2.43. The Labute approximate surface area is 154 Å². The number of hydrogen-bond acceptors (Lipinski definition) is 7. The van der Waals surface area contributed by atoms with Crippen molar-refractivity contribution in [1.29, 1.82) is 0 Å². The molecule has 7 nitrogen and oxygen atoms in total. The van der Waals surface area contributed by atoms with Crippen molar-refractivity contribution in [2.24, 2.45) is 7.05 Å². The highest BCUT2D eigenvalue weighted by atomic mass is 79.9. The summed E-state index contributed by atoms with van der Waals surface area (Å²) in [5, 5.41) is 15.6. The predicted octanol–water partition coefficient (Wildman–Crippen LogP) is 2.65. The van der Waals surface area contributed by atoms with Crippen molar-refractivity contribution < 1.29 is 9.47 Å². The molecule has 9 heteroatoms. The van der Waals surface area contributed by atoms with Crippen LogP contribution in [-0.4, -0.2) is 46.2 Å². The monoisotopic (exact) mass is 415 g/mol. The van der Waals surface area contributed by atoms with Gasteiger partial charge in [0.2, 0.25) is 5.16 Å². The molecule has 0 atom stereocenters. The Balaban J connectivity index is 1.92. The molecule has 0 fully saturated rings. The molecule has 0 aliphatic heterocycles. The number of ether oxygens (including phenoxy) is 2. The van der Waals surface area contributed by atoms with E-state index in [-0.39, 0.29) is 0 Å². The zero-order chi connectivity index (χ0) is 17.4.